The zero-order chi connectivity index (χ0) is 12.4. The Morgan fingerprint density at radius 2 is 2.31 bits per heavy atom. The quantitative estimate of drug-likeness (QED) is 0.652. The van der Waals surface area contributed by atoms with E-state index in [1.54, 1.807) is 0 Å². The zero-order valence-corrected chi connectivity index (χ0v) is 10.2. The third-order valence-electron chi connectivity index (χ3n) is 2.91. The van der Waals surface area contributed by atoms with Crippen molar-refractivity contribution in [2.24, 2.45) is 11.7 Å². The Labute approximate surface area is 96.1 Å². The SMILES string of the molecule is C=CCCS(=O)(=O)NC(=O)[C@@]1(N)C[C@H]1CC. The van der Waals surface area contributed by atoms with Crippen molar-refractivity contribution < 1.29 is 13.2 Å². The molecule has 5 nitrogen and oxygen atoms in total. The highest BCUT2D eigenvalue weighted by Crippen LogP contribution is 2.43. The van der Waals surface area contributed by atoms with Gasteiger partial charge >= 0.3 is 0 Å². The molecule has 1 aliphatic rings. The van der Waals surface area contributed by atoms with Crippen LogP contribution >= 0.6 is 0 Å². The molecular weight excluding hydrogens is 228 g/mol. The largest absolute Gasteiger partial charge is 0.317 e. The van der Waals surface area contributed by atoms with Gasteiger partial charge in [-0.15, -0.1) is 6.58 Å². The Kier molecular flexibility index (Phi) is 3.75. The zero-order valence-electron chi connectivity index (χ0n) is 9.40. The number of hydrogen-bond donors (Lipinski definition) is 2. The van der Waals surface area contributed by atoms with Gasteiger partial charge in [-0.05, 0) is 18.8 Å². The molecule has 6 heteroatoms. The lowest BCUT2D eigenvalue weighted by Gasteiger charge is -2.11. The molecule has 0 bridgehead atoms. The summed E-state index contributed by atoms with van der Waals surface area (Å²) in [5, 5.41) is 0. The third kappa shape index (κ3) is 2.82. The molecule has 1 aliphatic carbocycles. The summed E-state index contributed by atoms with van der Waals surface area (Å²) in [6.45, 7) is 5.36. The summed E-state index contributed by atoms with van der Waals surface area (Å²) in [5.74, 6) is -0.611. The molecule has 0 unspecified atom stereocenters. The second-order valence-corrected chi connectivity index (χ2v) is 6.02. The highest BCUT2D eigenvalue weighted by molar-refractivity contribution is 7.90. The molecule has 1 rings (SSSR count). The van der Waals surface area contributed by atoms with Crippen LogP contribution < -0.4 is 10.5 Å². The van der Waals surface area contributed by atoms with Gasteiger partial charge in [-0.25, -0.2) is 8.42 Å². The standard InChI is InChI=1S/C10H18N2O3S/c1-3-5-6-16(14,15)12-9(13)10(11)7-8(10)4-2/h3,8H,1,4-7,11H2,2H3,(H,12,13)/t8-,10-/m1/s1. The lowest BCUT2D eigenvalue weighted by Crippen LogP contribution is -2.47. The van der Waals surface area contributed by atoms with Gasteiger partial charge < -0.3 is 5.73 Å². The molecule has 0 aliphatic heterocycles. The maximum absolute atomic E-state index is 11.6. The molecule has 3 N–H and O–H groups in total. The van der Waals surface area contributed by atoms with Crippen molar-refractivity contribution in [3.8, 4) is 0 Å². The molecular formula is C10H18N2O3S. The van der Waals surface area contributed by atoms with Gasteiger partial charge in [0.05, 0.1) is 11.3 Å². The van der Waals surface area contributed by atoms with Crippen molar-refractivity contribution >= 4 is 15.9 Å². The van der Waals surface area contributed by atoms with E-state index in [9.17, 15) is 13.2 Å². The topological polar surface area (TPSA) is 89.3 Å². The number of rotatable bonds is 6. The number of nitrogens with one attached hydrogen (secondary N) is 1. The Hall–Kier alpha value is -0.880. The molecule has 16 heavy (non-hydrogen) atoms. The predicted molar refractivity (Wildman–Crippen MR) is 62.1 cm³/mol. The van der Waals surface area contributed by atoms with Crippen molar-refractivity contribution in [2.45, 2.75) is 31.7 Å². The summed E-state index contributed by atoms with van der Waals surface area (Å²) < 4.78 is 24.9. The predicted octanol–water partition coefficient (Wildman–Crippen LogP) is 0.136. The number of sulfonamides is 1. The number of amides is 1. The van der Waals surface area contributed by atoms with Crippen LogP contribution in [0.25, 0.3) is 0 Å². The first-order valence-electron chi connectivity index (χ1n) is 5.30. The van der Waals surface area contributed by atoms with Gasteiger partial charge in [-0.1, -0.05) is 19.4 Å². The van der Waals surface area contributed by atoms with E-state index in [1.165, 1.54) is 6.08 Å². The van der Waals surface area contributed by atoms with Crippen molar-refractivity contribution in [3.05, 3.63) is 12.7 Å². The number of nitrogens with two attached hydrogens (primary N) is 1. The number of hydrogen-bond acceptors (Lipinski definition) is 4. The van der Waals surface area contributed by atoms with Crippen LogP contribution in [0.3, 0.4) is 0 Å². The lowest BCUT2D eigenvalue weighted by atomic mass is 10.2. The average molecular weight is 246 g/mol. The molecule has 1 saturated carbocycles. The molecule has 0 saturated heterocycles. The van der Waals surface area contributed by atoms with Crippen LogP contribution in [0.5, 0.6) is 0 Å². The Morgan fingerprint density at radius 1 is 1.69 bits per heavy atom. The van der Waals surface area contributed by atoms with Gasteiger partial charge in [-0.2, -0.15) is 0 Å². The molecule has 0 aromatic carbocycles. The highest BCUT2D eigenvalue weighted by Gasteiger charge is 2.56. The van der Waals surface area contributed by atoms with Crippen molar-refractivity contribution in [3.63, 3.8) is 0 Å². The van der Waals surface area contributed by atoms with E-state index in [-0.39, 0.29) is 11.7 Å². The minimum Gasteiger partial charge on any atom is -0.317 e. The normalized spacial score (nSPS) is 28.5. The summed E-state index contributed by atoms with van der Waals surface area (Å²) in [6, 6.07) is 0. The fourth-order valence-corrected chi connectivity index (χ4v) is 2.71. The Bertz CT molecular complexity index is 391. The summed E-state index contributed by atoms with van der Waals surface area (Å²) in [5.41, 5.74) is 4.81. The van der Waals surface area contributed by atoms with Crippen LogP contribution in [0.15, 0.2) is 12.7 Å². The minimum absolute atomic E-state index is 0.0992. The maximum Gasteiger partial charge on any atom is 0.253 e. The fraction of sp³-hybridized carbons (Fsp3) is 0.700. The van der Waals surface area contributed by atoms with Gasteiger partial charge in [0.15, 0.2) is 0 Å². The monoisotopic (exact) mass is 246 g/mol. The van der Waals surface area contributed by atoms with Crippen LogP contribution in [0, 0.1) is 5.92 Å². The molecule has 0 aromatic heterocycles. The molecule has 1 fully saturated rings. The first-order chi connectivity index (χ1) is 7.35. The molecule has 1 amide bonds. The molecule has 0 heterocycles. The van der Waals surface area contributed by atoms with E-state index in [4.69, 9.17) is 5.73 Å². The molecule has 92 valence electrons. The summed E-state index contributed by atoms with van der Waals surface area (Å²) in [6.07, 6.45) is 3.16. The smallest absolute Gasteiger partial charge is 0.253 e. The van der Waals surface area contributed by atoms with Gasteiger partial charge in [0.2, 0.25) is 10.0 Å². The second kappa shape index (κ2) is 4.55. The molecule has 0 spiro atoms. The number of allylic oxidation sites excluding steroid dienone is 1. The van der Waals surface area contributed by atoms with E-state index in [2.05, 4.69) is 6.58 Å². The first-order valence-corrected chi connectivity index (χ1v) is 6.95. The van der Waals surface area contributed by atoms with E-state index in [0.717, 1.165) is 6.42 Å². The van der Waals surface area contributed by atoms with Gasteiger partial charge in [0, 0.05) is 0 Å². The summed E-state index contributed by atoms with van der Waals surface area (Å²) in [4.78, 5) is 11.6. The summed E-state index contributed by atoms with van der Waals surface area (Å²) >= 11 is 0. The minimum atomic E-state index is -3.57. The van der Waals surface area contributed by atoms with Crippen molar-refractivity contribution in [1.82, 2.24) is 4.72 Å². The molecule has 0 aromatic rings. The molecule has 2 atom stereocenters. The van der Waals surface area contributed by atoms with Crippen LogP contribution in [-0.4, -0.2) is 25.6 Å². The van der Waals surface area contributed by atoms with E-state index < -0.39 is 21.5 Å². The van der Waals surface area contributed by atoms with Gasteiger partial charge in [0.25, 0.3) is 5.91 Å². The Morgan fingerprint density at radius 3 is 2.75 bits per heavy atom. The van der Waals surface area contributed by atoms with Crippen molar-refractivity contribution in [1.29, 1.82) is 0 Å². The van der Waals surface area contributed by atoms with E-state index >= 15 is 0 Å². The maximum atomic E-state index is 11.6. The lowest BCUT2D eigenvalue weighted by molar-refractivity contribution is -0.121. The number of carbonyl (C=O) groups is 1. The van der Waals surface area contributed by atoms with Crippen LogP contribution in [0.4, 0.5) is 0 Å². The third-order valence-corrected chi connectivity index (χ3v) is 4.18. The second-order valence-electron chi connectivity index (χ2n) is 4.18. The first kappa shape index (κ1) is 13.2. The van der Waals surface area contributed by atoms with Gasteiger partial charge in [-0.3, -0.25) is 9.52 Å². The Balaban J connectivity index is 2.55. The van der Waals surface area contributed by atoms with Gasteiger partial charge in [0.1, 0.15) is 0 Å². The molecule has 0 radical (unpaired) electrons. The highest BCUT2D eigenvalue weighted by atomic mass is 32.2. The van der Waals surface area contributed by atoms with E-state index in [0.29, 0.717) is 12.8 Å². The fourth-order valence-electron chi connectivity index (χ4n) is 1.66. The van der Waals surface area contributed by atoms with Crippen LogP contribution in [0.1, 0.15) is 26.2 Å². The van der Waals surface area contributed by atoms with Crippen LogP contribution in [0.2, 0.25) is 0 Å². The summed E-state index contributed by atoms with van der Waals surface area (Å²) in [7, 11) is -3.57. The average Bonchev–Trinajstić information content (AvgIpc) is 2.88. The number of carbonyl (C=O) groups excluding carboxylic acids is 1. The van der Waals surface area contributed by atoms with Crippen LogP contribution in [-0.2, 0) is 14.8 Å². The van der Waals surface area contributed by atoms with Crippen molar-refractivity contribution in [2.75, 3.05) is 5.75 Å². The van der Waals surface area contributed by atoms with E-state index in [1.807, 2.05) is 11.6 Å².